The number of H-pyrrole nitrogens is 1. The van der Waals surface area contributed by atoms with Crippen LogP contribution in [-0.4, -0.2) is 45.1 Å². The Balaban J connectivity index is 1.06. The molecule has 1 fully saturated rings. The number of nitrogens with zero attached hydrogens (tertiary/aromatic N) is 3. The maximum absolute atomic E-state index is 13.0. The summed E-state index contributed by atoms with van der Waals surface area (Å²) in [4.78, 5) is 39.4. The topological polar surface area (TPSA) is 137 Å². The van der Waals surface area contributed by atoms with Crippen LogP contribution in [0.1, 0.15) is 81.0 Å². The van der Waals surface area contributed by atoms with E-state index in [1.54, 1.807) is 30.6 Å². The summed E-state index contributed by atoms with van der Waals surface area (Å²) in [5.74, 6) is -0.114. The molecule has 1 saturated carbocycles. The number of amides is 2. The fourth-order valence-electron chi connectivity index (χ4n) is 8.51. The van der Waals surface area contributed by atoms with Gasteiger partial charge >= 0.3 is 0 Å². The Morgan fingerprint density at radius 2 is 1.29 bits per heavy atom. The molecule has 10 nitrogen and oxygen atoms in total. The third-order valence-electron chi connectivity index (χ3n) is 11.0. The predicted molar refractivity (Wildman–Crippen MR) is 229 cm³/mol. The first-order valence-corrected chi connectivity index (χ1v) is 21.0. The molecule has 3 unspecified atom stereocenters. The van der Waals surface area contributed by atoms with Crippen LogP contribution >= 0.6 is 23.5 Å². The summed E-state index contributed by atoms with van der Waals surface area (Å²) in [5.41, 5.74) is 14.6. The van der Waals surface area contributed by atoms with Crippen LogP contribution in [0.25, 0.3) is 10.9 Å². The zero-order valence-corrected chi connectivity index (χ0v) is 33.8. The molecular formula is C46H42N8O2S2. The van der Waals surface area contributed by atoms with Gasteiger partial charge in [0.25, 0.3) is 11.8 Å². The van der Waals surface area contributed by atoms with E-state index < -0.39 is 0 Å². The number of rotatable bonds is 11. The lowest BCUT2D eigenvalue weighted by atomic mass is 9.50. The number of benzene rings is 4. The Bertz CT molecular complexity index is 2570. The van der Waals surface area contributed by atoms with Crippen LogP contribution in [-0.2, 0) is 0 Å². The van der Waals surface area contributed by atoms with Gasteiger partial charge in [0.2, 0.25) is 0 Å². The lowest BCUT2D eigenvalue weighted by Crippen LogP contribution is -2.48. The maximum Gasteiger partial charge on any atom is 0.252 e. The first kappa shape index (κ1) is 37.6. The fraction of sp³-hybridized carbons (Fsp3) is 0.196. The van der Waals surface area contributed by atoms with Gasteiger partial charge < -0.3 is 16.1 Å². The number of hydrogen-bond donors (Lipinski definition) is 5. The van der Waals surface area contributed by atoms with Crippen molar-refractivity contribution in [2.45, 2.75) is 63.3 Å². The summed E-state index contributed by atoms with van der Waals surface area (Å²) in [6.07, 6.45) is 3.74. The Kier molecular flexibility index (Phi) is 10.5. The van der Waals surface area contributed by atoms with Crippen molar-refractivity contribution >= 4 is 51.9 Å². The highest BCUT2D eigenvalue weighted by atomic mass is 32.2. The first-order valence-electron chi connectivity index (χ1n) is 19.4. The Morgan fingerprint density at radius 3 is 1.91 bits per heavy atom. The molecule has 1 aliphatic carbocycles. The Labute approximate surface area is 345 Å². The van der Waals surface area contributed by atoms with Crippen LogP contribution in [0.3, 0.4) is 0 Å². The largest absolute Gasteiger partial charge is 0.355 e. The van der Waals surface area contributed by atoms with Crippen LogP contribution in [0, 0.1) is 5.92 Å². The zero-order chi connectivity index (χ0) is 39.8. The summed E-state index contributed by atoms with van der Waals surface area (Å²) < 4.78 is 0. The molecule has 9 rings (SSSR count). The second kappa shape index (κ2) is 16.1. The molecule has 3 atom stereocenters. The summed E-state index contributed by atoms with van der Waals surface area (Å²) >= 11 is 3.14. The highest BCUT2D eigenvalue weighted by molar-refractivity contribution is 7.99. The summed E-state index contributed by atoms with van der Waals surface area (Å²) in [6.45, 7) is 3.94. The lowest BCUT2D eigenvalue weighted by Gasteiger charge is -2.53. The number of fused-ring (bicyclic) bond motifs is 2. The summed E-state index contributed by atoms with van der Waals surface area (Å²) in [5, 5.41) is 15.2. The molecule has 0 saturated heterocycles. The molecule has 1 aliphatic heterocycles. The minimum atomic E-state index is -0.115. The monoisotopic (exact) mass is 802 g/mol. The highest BCUT2D eigenvalue weighted by Gasteiger charge is 2.58. The number of hydrazine groups is 1. The third kappa shape index (κ3) is 7.12. The van der Waals surface area contributed by atoms with Gasteiger partial charge in [-0.2, -0.15) is 5.10 Å². The Morgan fingerprint density at radius 1 is 0.690 bits per heavy atom. The quantitative estimate of drug-likeness (QED) is 0.0868. The van der Waals surface area contributed by atoms with Gasteiger partial charge in [-0.05, 0) is 104 Å². The van der Waals surface area contributed by atoms with Crippen molar-refractivity contribution in [3.63, 3.8) is 0 Å². The highest BCUT2D eigenvalue weighted by Crippen LogP contribution is 2.66. The van der Waals surface area contributed by atoms with E-state index in [4.69, 9.17) is 15.1 Å². The van der Waals surface area contributed by atoms with E-state index in [0.29, 0.717) is 11.1 Å². The van der Waals surface area contributed by atoms with E-state index in [1.165, 1.54) is 5.56 Å². The molecule has 58 heavy (non-hydrogen) atoms. The number of aromatic amines is 1. The van der Waals surface area contributed by atoms with Crippen molar-refractivity contribution in [3.8, 4) is 0 Å². The number of anilines is 1. The molecule has 4 aromatic carbocycles. The average molecular weight is 803 g/mol. The van der Waals surface area contributed by atoms with Gasteiger partial charge in [0.1, 0.15) is 0 Å². The van der Waals surface area contributed by atoms with Crippen molar-refractivity contribution in [2.75, 3.05) is 12.5 Å². The molecular weight excluding hydrogens is 761 g/mol. The normalized spacial score (nSPS) is 19.6. The van der Waals surface area contributed by atoms with E-state index in [-0.39, 0.29) is 47.6 Å². The first-order chi connectivity index (χ1) is 28.4. The SMILES string of the molecule is CNC(=O)c1ccccc1Sc1ccc2c(C3C(c4ccccn4)C(C4NNc5cc(Sc6ccccc6C(=O)NC(C)C)ccc54)C3c3ccccn3)n[nH]c2c1. The minimum Gasteiger partial charge on any atom is -0.355 e. The minimum absolute atomic E-state index is 0.0128. The molecule has 7 aromatic rings. The van der Waals surface area contributed by atoms with Crippen molar-refractivity contribution in [3.05, 3.63) is 167 Å². The number of hydrogen-bond acceptors (Lipinski definition) is 9. The van der Waals surface area contributed by atoms with Crippen LogP contribution in [0.15, 0.2) is 153 Å². The van der Waals surface area contributed by atoms with E-state index in [1.807, 2.05) is 86.9 Å². The summed E-state index contributed by atoms with van der Waals surface area (Å²) in [7, 11) is 1.65. The number of pyridine rings is 2. The molecule has 0 spiro atoms. The van der Waals surface area contributed by atoms with Gasteiger partial charge in [0.15, 0.2) is 0 Å². The maximum atomic E-state index is 13.0. The number of aromatic nitrogens is 4. The van der Waals surface area contributed by atoms with Crippen molar-refractivity contribution in [1.29, 1.82) is 0 Å². The fourth-order valence-corrected chi connectivity index (χ4v) is 10.5. The van der Waals surface area contributed by atoms with Gasteiger partial charge in [0, 0.05) is 79.6 Å². The van der Waals surface area contributed by atoms with Crippen molar-refractivity contribution in [2.24, 2.45) is 5.92 Å². The second-order valence-electron chi connectivity index (χ2n) is 14.9. The van der Waals surface area contributed by atoms with E-state index in [0.717, 1.165) is 53.3 Å². The van der Waals surface area contributed by atoms with E-state index in [9.17, 15) is 9.59 Å². The molecule has 0 bridgehead atoms. The predicted octanol–water partition coefficient (Wildman–Crippen LogP) is 9.11. The zero-order valence-electron chi connectivity index (χ0n) is 32.1. The van der Waals surface area contributed by atoms with Crippen LogP contribution in [0.2, 0.25) is 0 Å². The summed E-state index contributed by atoms with van der Waals surface area (Å²) in [6, 6.07) is 40.6. The average Bonchev–Trinajstić information content (AvgIpc) is 3.84. The number of nitrogens with one attached hydrogen (secondary N) is 5. The standard InChI is InChI=1S/C46H42N8O2S2/c1-26(2)50-46(56)32-13-5-7-17-38(32)58-28-19-21-30-36(25-28)52-54-44(30)42-39(33-14-8-10-22-48-33)41(40(42)34-15-9-11-23-49-34)43-29-20-18-27(24-35(29)51-53-43)57-37-16-6-4-12-31(37)45(55)47-3/h4-26,39-42,44,52,54H,1-3H3,(H,47,55)(H,50,56)(H,51,53). The lowest BCUT2D eigenvalue weighted by molar-refractivity contribution is 0.0937. The van der Waals surface area contributed by atoms with Gasteiger partial charge in [-0.15, -0.1) is 0 Å². The van der Waals surface area contributed by atoms with Crippen LogP contribution in [0.4, 0.5) is 5.69 Å². The molecule has 2 amide bonds. The van der Waals surface area contributed by atoms with E-state index in [2.05, 4.69) is 87.2 Å². The van der Waals surface area contributed by atoms with Gasteiger partial charge in [-0.1, -0.05) is 66.0 Å². The molecule has 290 valence electrons. The molecule has 0 radical (unpaired) electrons. The third-order valence-corrected chi connectivity index (χ3v) is 13.1. The molecule has 12 heteroatoms. The number of carbonyl (C=O) groups excluding carboxylic acids is 2. The number of carbonyl (C=O) groups is 2. The molecule has 2 aliphatic rings. The van der Waals surface area contributed by atoms with Crippen molar-refractivity contribution in [1.82, 2.24) is 36.2 Å². The van der Waals surface area contributed by atoms with Gasteiger partial charge in [-0.3, -0.25) is 24.7 Å². The molecule has 4 heterocycles. The molecule has 3 aromatic heterocycles. The van der Waals surface area contributed by atoms with Crippen LogP contribution in [0.5, 0.6) is 0 Å². The van der Waals surface area contributed by atoms with Crippen LogP contribution < -0.4 is 21.5 Å². The Hall–Kier alpha value is -5.95. The van der Waals surface area contributed by atoms with Crippen molar-refractivity contribution < 1.29 is 9.59 Å². The molecule has 5 N–H and O–H groups in total. The van der Waals surface area contributed by atoms with Gasteiger partial charge in [-0.25, -0.2) is 5.43 Å². The van der Waals surface area contributed by atoms with Gasteiger partial charge in [0.05, 0.1) is 34.1 Å². The smallest absolute Gasteiger partial charge is 0.252 e. The second-order valence-corrected chi connectivity index (χ2v) is 17.1. The van der Waals surface area contributed by atoms with E-state index >= 15 is 0 Å².